The SMILES string of the molecule is CC1(C)c2ccccc2-c2ccc(N(c3ccc(-c4cccc5ccccc45)cc3)c3ccc(C4(c5ccccc5)CCCCC4)cc3)cc21. The molecule has 0 aromatic heterocycles. The first-order chi connectivity index (χ1) is 24.5. The highest BCUT2D eigenvalue weighted by Gasteiger charge is 2.37. The number of nitrogens with zero attached hydrogens (tertiary/aromatic N) is 1. The Morgan fingerprint density at radius 2 is 1.02 bits per heavy atom. The molecular formula is C49H43N. The van der Waals surface area contributed by atoms with Crippen LogP contribution in [0.5, 0.6) is 0 Å². The Morgan fingerprint density at radius 1 is 0.440 bits per heavy atom. The van der Waals surface area contributed by atoms with Crippen molar-refractivity contribution in [2.24, 2.45) is 0 Å². The second-order valence-corrected chi connectivity index (χ2v) is 14.9. The molecule has 1 heteroatoms. The minimum atomic E-state index is -0.0707. The van der Waals surface area contributed by atoms with Crippen molar-refractivity contribution in [1.29, 1.82) is 0 Å². The Labute approximate surface area is 296 Å². The number of rotatable bonds is 6. The van der Waals surface area contributed by atoms with Crippen molar-refractivity contribution >= 4 is 27.8 Å². The quantitative estimate of drug-likeness (QED) is 0.174. The zero-order valence-corrected chi connectivity index (χ0v) is 29.1. The van der Waals surface area contributed by atoms with E-state index in [1.54, 1.807) is 0 Å². The minimum Gasteiger partial charge on any atom is -0.310 e. The fourth-order valence-corrected chi connectivity index (χ4v) is 9.13. The Balaban J connectivity index is 1.16. The molecule has 50 heavy (non-hydrogen) atoms. The van der Waals surface area contributed by atoms with Crippen molar-refractivity contribution in [3.05, 3.63) is 186 Å². The molecule has 1 nitrogen and oxygen atoms in total. The van der Waals surface area contributed by atoms with Crippen LogP contribution in [0.2, 0.25) is 0 Å². The molecule has 0 aliphatic heterocycles. The van der Waals surface area contributed by atoms with Crippen LogP contribution < -0.4 is 4.90 Å². The average Bonchev–Trinajstić information content (AvgIpc) is 3.41. The summed E-state index contributed by atoms with van der Waals surface area (Å²) < 4.78 is 0. The van der Waals surface area contributed by atoms with Crippen molar-refractivity contribution in [2.75, 3.05) is 4.90 Å². The molecule has 0 saturated heterocycles. The van der Waals surface area contributed by atoms with Gasteiger partial charge in [-0.2, -0.15) is 0 Å². The summed E-state index contributed by atoms with van der Waals surface area (Å²) in [5.74, 6) is 0. The summed E-state index contributed by atoms with van der Waals surface area (Å²) in [6.07, 6.45) is 6.29. The van der Waals surface area contributed by atoms with Crippen LogP contribution in [0.3, 0.4) is 0 Å². The van der Waals surface area contributed by atoms with Gasteiger partial charge in [-0.25, -0.2) is 0 Å². The van der Waals surface area contributed by atoms with Gasteiger partial charge in [0.1, 0.15) is 0 Å². The Morgan fingerprint density at radius 3 is 1.80 bits per heavy atom. The molecule has 1 fully saturated rings. The van der Waals surface area contributed by atoms with Crippen LogP contribution in [0.25, 0.3) is 33.0 Å². The van der Waals surface area contributed by atoms with Gasteiger partial charge in [0.25, 0.3) is 0 Å². The van der Waals surface area contributed by atoms with E-state index in [4.69, 9.17) is 0 Å². The number of anilines is 3. The smallest absolute Gasteiger partial charge is 0.0465 e. The summed E-state index contributed by atoms with van der Waals surface area (Å²) in [5.41, 5.74) is 14.4. The predicted molar refractivity (Wildman–Crippen MR) is 212 cm³/mol. The average molecular weight is 646 g/mol. The van der Waals surface area contributed by atoms with Gasteiger partial charge in [-0.15, -0.1) is 0 Å². The molecule has 0 atom stereocenters. The molecule has 9 rings (SSSR count). The van der Waals surface area contributed by atoms with Gasteiger partial charge in [-0.3, -0.25) is 0 Å². The zero-order chi connectivity index (χ0) is 33.7. The lowest BCUT2D eigenvalue weighted by Crippen LogP contribution is -2.30. The largest absolute Gasteiger partial charge is 0.310 e. The minimum absolute atomic E-state index is 0.0707. The molecule has 0 N–H and O–H groups in total. The third kappa shape index (κ3) is 4.99. The summed E-state index contributed by atoms with van der Waals surface area (Å²) >= 11 is 0. The van der Waals surface area contributed by atoms with E-state index in [1.807, 2.05) is 0 Å². The van der Waals surface area contributed by atoms with Crippen molar-refractivity contribution in [3.8, 4) is 22.3 Å². The van der Waals surface area contributed by atoms with Gasteiger partial charge in [0.05, 0.1) is 0 Å². The third-order valence-electron chi connectivity index (χ3n) is 11.8. The molecule has 2 aliphatic rings. The summed E-state index contributed by atoms with van der Waals surface area (Å²) in [6, 6.07) is 61.2. The lowest BCUT2D eigenvalue weighted by atomic mass is 9.65. The highest BCUT2D eigenvalue weighted by Crippen LogP contribution is 2.51. The monoisotopic (exact) mass is 645 g/mol. The third-order valence-corrected chi connectivity index (χ3v) is 11.8. The molecule has 0 radical (unpaired) electrons. The van der Waals surface area contributed by atoms with Crippen LogP contribution in [-0.2, 0) is 10.8 Å². The molecule has 1 saturated carbocycles. The van der Waals surface area contributed by atoms with Gasteiger partial charge < -0.3 is 4.90 Å². The summed E-state index contributed by atoms with van der Waals surface area (Å²) in [7, 11) is 0. The van der Waals surface area contributed by atoms with Crippen molar-refractivity contribution in [3.63, 3.8) is 0 Å². The number of hydrogen-bond donors (Lipinski definition) is 0. The summed E-state index contributed by atoms with van der Waals surface area (Å²) in [6.45, 7) is 4.74. The van der Waals surface area contributed by atoms with Gasteiger partial charge in [0.15, 0.2) is 0 Å². The van der Waals surface area contributed by atoms with Crippen LogP contribution in [0.15, 0.2) is 164 Å². The van der Waals surface area contributed by atoms with E-state index < -0.39 is 0 Å². The Kier molecular flexibility index (Phi) is 7.46. The molecule has 0 bridgehead atoms. The summed E-state index contributed by atoms with van der Waals surface area (Å²) in [5, 5.41) is 2.55. The standard InChI is InChI=1S/C49H43N/c1-48(2)46-21-10-9-19-44(46)45-31-30-41(34-47(45)48)50(39-26-22-36(23-27-39)43-20-13-15-35-14-7-8-18-42(35)43)40-28-24-38(25-29-40)49(32-11-4-12-33-49)37-16-5-3-6-17-37/h3,5-10,13-31,34H,4,11-12,32-33H2,1-2H3. The van der Waals surface area contributed by atoms with Gasteiger partial charge >= 0.3 is 0 Å². The van der Waals surface area contributed by atoms with Crippen molar-refractivity contribution < 1.29 is 0 Å². The maximum atomic E-state index is 2.45. The van der Waals surface area contributed by atoms with E-state index in [0.29, 0.717) is 0 Å². The second-order valence-electron chi connectivity index (χ2n) is 14.9. The summed E-state index contributed by atoms with van der Waals surface area (Å²) in [4.78, 5) is 2.45. The first kappa shape index (κ1) is 30.6. The van der Waals surface area contributed by atoms with E-state index in [9.17, 15) is 0 Å². The lowest BCUT2D eigenvalue weighted by molar-refractivity contribution is 0.346. The lowest BCUT2D eigenvalue weighted by Gasteiger charge is -2.39. The van der Waals surface area contributed by atoms with E-state index in [-0.39, 0.29) is 10.8 Å². The predicted octanol–water partition coefficient (Wildman–Crippen LogP) is 13.5. The molecule has 2 aliphatic carbocycles. The first-order valence-corrected chi connectivity index (χ1v) is 18.3. The molecule has 7 aromatic carbocycles. The van der Waals surface area contributed by atoms with Crippen LogP contribution in [0, 0.1) is 0 Å². The Hall–Kier alpha value is -5.40. The highest BCUT2D eigenvalue weighted by atomic mass is 15.1. The molecule has 0 heterocycles. The van der Waals surface area contributed by atoms with Gasteiger partial charge in [-0.05, 0) is 105 Å². The molecule has 244 valence electrons. The molecule has 7 aromatic rings. The van der Waals surface area contributed by atoms with Crippen LogP contribution >= 0.6 is 0 Å². The second kappa shape index (κ2) is 12.2. The number of benzene rings is 7. The normalized spacial score (nSPS) is 15.7. The Bertz CT molecular complexity index is 2300. The van der Waals surface area contributed by atoms with E-state index in [2.05, 4.69) is 183 Å². The number of fused-ring (bicyclic) bond motifs is 4. The van der Waals surface area contributed by atoms with E-state index in [0.717, 1.165) is 5.69 Å². The zero-order valence-electron chi connectivity index (χ0n) is 29.1. The van der Waals surface area contributed by atoms with E-state index in [1.165, 1.54) is 98.8 Å². The van der Waals surface area contributed by atoms with Crippen LogP contribution in [0.1, 0.15) is 68.2 Å². The highest BCUT2D eigenvalue weighted by molar-refractivity contribution is 5.97. The number of hydrogen-bond acceptors (Lipinski definition) is 1. The van der Waals surface area contributed by atoms with E-state index >= 15 is 0 Å². The molecule has 0 amide bonds. The topological polar surface area (TPSA) is 3.24 Å². The van der Waals surface area contributed by atoms with Crippen LogP contribution in [-0.4, -0.2) is 0 Å². The van der Waals surface area contributed by atoms with Crippen molar-refractivity contribution in [1.82, 2.24) is 0 Å². The van der Waals surface area contributed by atoms with Crippen LogP contribution in [0.4, 0.5) is 17.1 Å². The molecular weight excluding hydrogens is 603 g/mol. The van der Waals surface area contributed by atoms with Gasteiger partial charge in [0.2, 0.25) is 0 Å². The van der Waals surface area contributed by atoms with Gasteiger partial charge in [0, 0.05) is 27.9 Å². The first-order valence-electron chi connectivity index (χ1n) is 18.3. The fourth-order valence-electron chi connectivity index (χ4n) is 9.13. The molecule has 0 spiro atoms. The fraction of sp³-hybridized carbons (Fsp3) is 0.184. The molecule has 0 unspecified atom stereocenters. The van der Waals surface area contributed by atoms with Crippen molar-refractivity contribution in [2.45, 2.75) is 56.8 Å². The maximum absolute atomic E-state index is 2.45. The van der Waals surface area contributed by atoms with Gasteiger partial charge in [-0.1, -0.05) is 161 Å². The maximum Gasteiger partial charge on any atom is 0.0465 e.